The Labute approximate surface area is 111 Å². The zero-order chi connectivity index (χ0) is 13.0. The molecule has 0 aliphatic carbocycles. The highest BCUT2D eigenvalue weighted by Gasteiger charge is 2.14. The average Bonchev–Trinajstić information content (AvgIpc) is 2.82. The topological polar surface area (TPSA) is 33.2 Å². The Morgan fingerprint density at radius 2 is 2.06 bits per heavy atom. The lowest BCUT2D eigenvalue weighted by atomic mass is 10.2. The summed E-state index contributed by atoms with van der Waals surface area (Å²) < 4.78 is 0. The van der Waals surface area contributed by atoms with Crippen LogP contribution in [0.5, 0.6) is 0 Å². The SMILES string of the molecule is Cc1ccsc1C(=O)N(C)CCc1ccncc1. The highest BCUT2D eigenvalue weighted by atomic mass is 32.1. The van der Waals surface area contributed by atoms with Gasteiger partial charge < -0.3 is 4.90 Å². The Morgan fingerprint density at radius 3 is 2.67 bits per heavy atom. The first-order valence-corrected chi connectivity index (χ1v) is 6.75. The Bertz CT molecular complexity index is 522. The van der Waals surface area contributed by atoms with Gasteiger partial charge in [-0.2, -0.15) is 0 Å². The van der Waals surface area contributed by atoms with E-state index in [0.717, 1.165) is 23.4 Å². The summed E-state index contributed by atoms with van der Waals surface area (Å²) in [6.45, 7) is 2.70. The van der Waals surface area contributed by atoms with Crippen LogP contribution < -0.4 is 0 Å². The molecule has 2 heterocycles. The Balaban J connectivity index is 1.95. The number of aromatic nitrogens is 1. The Kier molecular flexibility index (Phi) is 4.10. The summed E-state index contributed by atoms with van der Waals surface area (Å²) in [5, 5.41) is 1.96. The highest BCUT2D eigenvalue weighted by molar-refractivity contribution is 7.12. The number of amides is 1. The monoisotopic (exact) mass is 260 g/mol. The second kappa shape index (κ2) is 5.78. The van der Waals surface area contributed by atoms with Crippen LogP contribution in [0.3, 0.4) is 0 Å². The van der Waals surface area contributed by atoms with E-state index in [0.29, 0.717) is 0 Å². The fraction of sp³-hybridized carbons (Fsp3) is 0.286. The molecule has 2 aromatic rings. The summed E-state index contributed by atoms with van der Waals surface area (Å²) >= 11 is 1.51. The maximum Gasteiger partial charge on any atom is 0.263 e. The van der Waals surface area contributed by atoms with E-state index in [1.165, 1.54) is 16.9 Å². The van der Waals surface area contributed by atoms with Crippen molar-refractivity contribution < 1.29 is 4.79 Å². The minimum absolute atomic E-state index is 0.108. The van der Waals surface area contributed by atoms with Crippen LogP contribution in [-0.4, -0.2) is 29.4 Å². The van der Waals surface area contributed by atoms with Gasteiger partial charge in [0, 0.05) is 26.0 Å². The van der Waals surface area contributed by atoms with Gasteiger partial charge in [-0.3, -0.25) is 9.78 Å². The van der Waals surface area contributed by atoms with Crippen molar-refractivity contribution >= 4 is 17.2 Å². The van der Waals surface area contributed by atoms with Gasteiger partial charge in [0.05, 0.1) is 4.88 Å². The maximum absolute atomic E-state index is 12.2. The second-order valence-electron chi connectivity index (χ2n) is 4.26. The van der Waals surface area contributed by atoms with Crippen molar-refractivity contribution in [2.24, 2.45) is 0 Å². The molecule has 0 aliphatic heterocycles. The summed E-state index contributed by atoms with van der Waals surface area (Å²) in [6, 6.07) is 5.94. The summed E-state index contributed by atoms with van der Waals surface area (Å²) in [7, 11) is 1.85. The fourth-order valence-electron chi connectivity index (χ4n) is 1.71. The van der Waals surface area contributed by atoms with Crippen molar-refractivity contribution in [1.82, 2.24) is 9.88 Å². The quantitative estimate of drug-likeness (QED) is 0.847. The molecule has 0 N–H and O–H groups in total. The van der Waals surface area contributed by atoms with E-state index < -0.39 is 0 Å². The van der Waals surface area contributed by atoms with Crippen molar-refractivity contribution in [3.63, 3.8) is 0 Å². The molecule has 0 aliphatic rings. The lowest BCUT2D eigenvalue weighted by Gasteiger charge is -2.16. The van der Waals surface area contributed by atoms with Crippen LogP contribution in [0.1, 0.15) is 20.8 Å². The summed E-state index contributed by atoms with van der Waals surface area (Å²) in [4.78, 5) is 18.8. The molecule has 2 aromatic heterocycles. The zero-order valence-electron chi connectivity index (χ0n) is 10.6. The largest absolute Gasteiger partial charge is 0.341 e. The molecule has 0 saturated carbocycles. The fourth-order valence-corrected chi connectivity index (χ4v) is 2.63. The van der Waals surface area contributed by atoms with Crippen LogP contribution in [0.2, 0.25) is 0 Å². The summed E-state index contributed by atoms with van der Waals surface area (Å²) in [5.41, 5.74) is 2.26. The third-order valence-electron chi connectivity index (χ3n) is 2.89. The van der Waals surface area contributed by atoms with Crippen LogP contribution in [0.25, 0.3) is 0 Å². The first-order valence-electron chi connectivity index (χ1n) is 5.87. The zero-order valence-corrected chi connectivity index (χ0v) is 11.4. The molecule has 4 heteroatoms. The summed E-state index contributed by atoms with van der Waals surface area (Å²) in [5.74, 6) is 0.108. The van der Waals surface area contributed by atoms with Crippen LogP contribution in [0, 0.1) is 6.92 Å². The van der Waals surface area contributed by atoms with Gasteiger partial charge in [-0.25, -0.2) is 0 Å². The van der Waals surface area contributed by atoms with E-state index in [9.17, 15) is 4.79 Å². The highest BCUT2D eigenvalue weighted by Crippen LogP contribution is 2.17. The molecular weight excluding hydrogens is 244 g/mol. The van der Waals surface area contributed by atoms with Crippen LogP contribution >= 0.6 is 11.3 Å². The molecule has 0 bridgehead atoms. The van der Waals surface area contributed by atoms with Gasteiger partial charge in [0.25, 0.3) is 5.91 Å². The molecule has 3 nitrogen and oxygen atoms in total. The molecule has 0 atom stereocenters. The molecule has 0 spiro atoms. The van der Waals surface area contributed by atoms with Crippen molar-refractivity contribution in [3.05, 3.63) is 52.0 Å². The molecule has 2 rings (SSSR count). The van der Waals surface area contributed by atoms with E-state index >= 15 is 0 Å². The van der Waals surface area contributed by atoms with E-state index in [-0.39, 0.29) is 5.91 Å². The second-order valence-corrected chi connectivity index (χ2v) is 5.18. The first kappa shape index (κ1) is 12.8. The lowest BCUT2D eigenvalue weighted by Crippen LogP contribution is -2.28. The van der Waals surface area contributed by atoms with Gasteiger partial charge >= 0.3 is 0 Å². The van der Waals surface area contributed by atoms with Crippen molar-refractivity contribution in [2.45, 2.75) is 13.3 Å². The normalized spacial score (nSPS) is 10.3. The Morgan fingerprint density at radius 1 is 1.33 bits per heavy atom. The van der Waals surface area contributed by atoms with E-state index in [1.807, 2.05) is 37.6 Å². The number of thiophene rings is 1. The minimum atomic E-state index is 0.108. The van der Waals surface area contributed by atoms with E-state index in [1.54, 1.807) is 17.3 Å². The molecule has 1 amide bonds. The third kappa shape index (κ3) is 2.96. The number of hydrogen-bond donors (Lipinski definition) is 0. The van der Waals surface area contributed by atoms with Crippen molar-refractivity contribution in [2.75, 3.05) is 13.6 Å². The average molecular weight is 260 g/mol. The van der Waals surface area contributed by atoms with Gasteiger partial charge in [0.2, 0.25) is 0 Å². The van der Waals surface area contributed by atoms with Gasteiger partial charge in [-0.1, -0.05) is 0 Å². The predicted octanol–water partition coefficient (Wildman–Crippen LogP) is 2.77. The smallest absolute Gasteiger partial charge is 0.263 e. The van der Waals surface area contributed by atoms with Crippen molar-refractivity contribution in [1.29, 1.82) is 0 Å². The number of carbonyl (C=O) groups excluding carboxylic acids is 1. The van der Waals surface area contributed by atoms with E-state index in [2.05, 4.69) is 4.98 Å². The number of rotatable bonds is 4. The van der Waals surface area contributed by atoms with Gasteiger partial charge in [0.15, 0.2) is 0 Å². The number of carbonyl (C=O) groups is 1. The number of hydrogen-bond acceptors (Lipinski definition) is 3. The predicted molar refractivity (Wildman–Crippen MR) is 74.0 cm³/mol. The van der Waals surface area contributed by atoms with Crippen LogP contribution in [0.15, 0.2) is 36.0 Å². The van der Waals surface area contributed by atoms with Crippen LogP contribution in [-0.2, 0) is 6.42 Å². The van der Waals surface area contributed by atoms with Gasteiger partial charge in [-0.15, -0.1) is 11.3 Å². The molecular formula is C14H16N2OS. The van der Waals surface area contributed by atoms with E-state index in [4.69, 9.17) is 0 Å². The first-order chi connectivity index (χ1) is 8.68. The van der Waals surface area contributed by atoms with Crippen molar-refractivity contribution in [3.8, 4) is 0 Å². The molecule has 0 radical (unpaired) electrons. The molecule has 0 aromatic carbocycles. The maximum atomic E-state index is 12.2. The standard InChI is InChI=1S/C14H16N2OS/c1-11-6-10-18-13(11)14(17)16(2)9-5-12-3-7-15-8-4-12/h3-4,6-8,10H,5,9H2,1-2H3. The molecule has 0 unspecified atom stereocenters. The van der Waals surface area contributed by atoms with Crippen LogP contribution in [0.4, 0.5) is 0 Å². The number of aryl methyl sites for hydroxylation is 1. The van der Waals surface area contributed by atoms with Gasteiger partial charge in [-0.05, 0) is 48.1 Å². The molecule has 18 heavy (non-hydrogen) atoms. The minimum Gasteiger partial charge on any atom is -0.341 e. The number of pyridine rings is 1. The third-order valence-corrected chi connectivity index (χ3v) is 3.89. The number of likely N-dealkylation sites (N-methyl/N-ethyl adjacent to an activating group) is 1. The Hall–Kier alpha value is -1.68. The lowest BCUT2D eigenvalue weighted by molar-refractivity contribution is 0.0801. The molecule has 0 fully saturated rings. The molecule has 0 saturated heterocycles. The molecule has 94 valence electrons. The van der Waals surface area contributed by atoms with Gasteiger partial charge in [0.1, 0.15) is 0 Å². The summed E-state index contributed by atoms with van der Waals surface area (Å²) in [6.07, 6.45) is 4.41. The number of nitrogens with zero attached hydrogens (tertiary/aromatic N) is 2.